The van der Waals surface area contributed by atoms with Gasteiger partial charge >= 0.3 is 6.18 Å². The third-order valence-corrected chi connectivity index (χ3v) is 5.80. The zero-order chi connectivity index (χ0) is 23.0. The van der Waals surface area contributed by atoms with Crippen LogP contribution >= 0.6 is 11.8 Å². The van der Waals surface area contributed by atoms with Crippen LogP contribution in [0.2, 0.25) is 0 Å². The number of furan rings is 1. The molecule has 3 heterocycles. The Labute approximate surface area is 185 Å². The average molecular weight is 461 g/mol. The fourth-order valence-corrected chi connectivity index (χ4v) is 4.10. The molecule has 6 nitrogen and oxygen atoms in total. The molecule has 0 atom stereocenters. The monoisotopic (exact) mass is 461 g/mol. The van der Waals surface area contributed by atoms with E-state index in [-0.39, 0.29) is 16.8 Å². The van der Waals surface area contributed by atoms with Gasteiger partial charge in [-0.25, -0.2) is 0 Å². The number of carbonyl (C=O) groups is 1. The van der Waals surface area contributed by atoms with Gasteiger partial charge in [0.05, 0.1) is 23.1 Å². The van der Waals surface area contributed by atoms with E-state index in [2.05, 4.69) is 10.2 Å². The second kappa shape index (κ2) is 8.34. The van der Waals surface area contributed by atoms with Gasteiger partial charge in [-0.3, -0.25) is 4.79 Å². The molecule has 0 saturated carbocycles. The molecule has 166 valence electrons. The van der Waals surface area contributed by atoms with E-state index in [1.165, 1.54) is 12.3 Å². The number of halogens is 3. The highest BCUT2D eigenvalue weighted by molar-refractivity contribution is 7.99. The first-order valence-electron chi connectivity index (χ1n) is 9.55. The summed E-state index contributed by atoms with van der Waals surface area (Å²) in [5.74, 6) is 0.789. The minimum Gasteiger partial charge on any atom is -0.469 e. The molecule has 4 rings (SSSR count). The van der Waals surface area contributed by atoms with Gasteiger partial charge in [0.15, 0.2) is 5.78 Å². The lowest BCUT2D eigenvalue weighted by atomic mass is 10.1. The van der Waals surface area contributed by atoms with E-state index in [0.29, 0.717) is 39.9 Å². The molecule has 0 bridgehead atoms. The second-order valence-corrected chi connectivity index (χ2v) is 8.07. The van der Waals surface area contributed by atoms with Crippen molar-refractivity contribution in [3.63, 3.8) is 0 Å². The van der Waals surface area contributed by atoms with Crippen LogP contribution in [0.1, 0.15) is 33.1 Å². The van der Waals surface area contributed by atoms with Crippen molar-refractivity contribution in [1.29, 1.82) is 0 Å². The number of thioether (sulfide) groups is 1. The zero-order valence-electron chi connectivity index (χ0n) is 17.4. The molecule has 32 heavy (non-hydrogen) atoms. The second-order valence-electron chi connectivity index (χ2n) is 7.14. The van der Waals surface area contributed by atoms with Gasteiger partial charge < -0.3 is 13.4 Å². The molecule has 4 aromatic rings. The summed E-state index contributed by atoms with van der Waals surface area (Å²) in [6.45, 7) is 5.22. The van der Waals surface area contributed by atoms with Crippen LogP contribution in [0.4, 0.5) is 13.2 Å². The number of ketones is 1. The Balaban J connectivity index is 1.52. The highest BCUT2D eigenvalue weighted by Gasteiger charge is 2.31. The lowest BCUT2D eigenvalue weighted by molar-refractivity contribution is -0.137. The van der Waals surface area contributed by atoms with Crippen LogP contribution in [0.3, 0.4) is 0 Å². The first-order valence-corrected chi connectivity index (χ1v) is 10.5. The smallest absolute Gasteiger partial charge is 0.416 e. The maximum atomic E-state index is 13.1. The number of hydrogen-bond acceptors (Lipinski definition) is 6. The number of benzene rings is 1. The Bertz CT molecular complexity index is 1290. The van der Waals surface area contributed by atoms with Gasteiger partial charge in [-0.2, -0.15) is 13.2 Å². The van der Waals surface area contributed by atoms with E-state index in [0.717, 1.165) is 23.9 Å². The fraction of sp³-hybridized carbons (Fsp3) is 0.227. The maximum absolute atomic E-state index is 13.1. The summed E-state index contributed by atoms with van der Waals surface area (Å²) in [5.41, 5.74) is 1.93. The average Bonchev–Trinajstić information content (AvgIpc) is 3.44. The summed E-state index contributed by atoms with van der Waals surface area (Å²) in [7, 11) is 0. The van der Waals surface area contributed by atoms with Crippen LogP contribution in [-0.4, -0.2) is 26.3 Å². The van der Waals surface area contributed by atoms with Crippen LogP contribution in [-0.2, 0) is 6.18 Å². The predicted octanol–water partition coefficient (Wildman–Crippen LogP) is 6.04. The standard InChI is InChI=1S/C22H18F3N3O3S/c1-12-9-18(13(2)28(12)16-6-4-5-15(10-16)22(23,24)25)19(29)11-32-21-27-26-20(31-21)17-7-8-30-14(17)3/h4-10H,11H2,1-3H3. The van der Waals surface area contributed by atoms with E-state index < -0.39 is 11.7 Å². The molecule has 1 aromatic carbocycles. The summed E-state index contributed by atoms with van der Waals surface area (Å²) in [6, 6.07) is 8.40. The molecule has 0 aliphatic carbocycles. The molecule has 0 spiro atoms. The zero-order valence-corrected chi connectivity index (χ0v) is 18.2. The van der Waals surface area contributed by atoms with E-state index in [4.69, 9.17) is 8.83 Å². The topological polar surface area (TPSA) is 74.1 Å². The van der Waals surface area contributed by atoms with Crippen molar-refractivity contribution >= 4 is 17.5 Å². The molecular weight excluding hydrogens is 443 g/mol. The summed E-state index contributed by atoms with van der Waals surface area (Å²) < 4.78 is 51.8. The number of Topliss-reactive ketones (excluding diaryl/α,β-unsaturated/α-hetero) is 1. The van der Waals surface area contributed by atoms with Gasteiger partial charge in [0, 0.05) is 22.6 Å². The first kappa shape index (κ1) is 21.9. The Morgan fingerprint density at radius 2 is 1.91 bits per heavy atom. The molecule has 3 aromatic heterocycles. The number of aromatic nitrogens is 3. The molecule has 0 saturated heterocycles. The van der Waals surface area contributed by atoms with E-state index >= 15 is 0 Å². The Kier molecular flexibility index (Phi) is 5.72. The van der Waals surface area contributed by atoms with Crippen LogP contribution in [0.5, 0.6) is 0 Å². The molecule has 0 N–H and O–H groups in total. The Hall–Kier alpha value is -3.27. The normalized spacial score (nSPS) is 11.8. The largest absolute Gasteiger partial charge is 0.469 e. The highest BCUT2D eigenvalue weighted by atomic mass is 32.2. The Morgan fingerprint density at radius 3 is 2.59 bits per heavy atom. The summed E-state index contributed by atoms with van der Waals surface area (Å²) >= 11 is 1.09. The van der Waals surface area contributed by atoms with Crippen molar-refractivity contribution in [3.8, 4) is 17.1 Å². The van der Waals surface area contributed by atoms with Crippen LogP contribution < -0.4 is 0 Å². The quantitative estimate of drug-likeness (QED) is 0.257. The van der Waals surface area contributed by atoms with E-state index in [1.807, 2.05) is 0 Å². The molecule has 0 aliphatic rings. The predicted molar refractivity (Wildman–Crippen MR) is 112 cm³/mol. The molecule has 0 fully saturated rings. The van der Waals surface area contributed by atoms with Crippen molar-refractivity contribution in [2.75, 3.05) is 5.75 Å². The van der Waals surface area contributed by atoms with Gasteiger partial charge in [-0.15, -0.1) is 10.2 Å². The van der Waals surface area contributed by atoms with Crippen molar-refractivity contribution in [1.82, 2.24) is 14.8 Å². The van der Waals surface area contributed by atoms with Crippen molar-refractivity contribution in [3.05, 3.63) is 70.9 Å². The van der Waals surface area contributed by atoms with E-state index in [9.17, 15) is 18.0 Å². The lowest BCUT2D eigenvalue weighted by Gasteiger charge is -2.13. The SMILES string of the molecule is Cc1occc1-c1nnc(SCC(=O)c2cc(C)n(-c3cccc(C(F)(F)F)c3)c2C)o1. The molecule has 10 heteroatoms. The van der Waals surface area contributed by atoms with Gasteiger partial charge in [0.2, 0.25) is 0 Å². The summed E-state index contributed by atoms with van der Waals surface area (Å²) in [5, 5.41) is 8.15. The summed E-state index contributed by atoms with van der Waals surface area (Å²) in [4.78, 5) is 12.8. The van der Waals surface area contributed by atoms with Crippen LogP contribution in [0.25, 0.3) is 17.1 Å². The van der Waals surface area contributed by atoms with Crippen LogP contribution in [0.15, 0.2) is 56.7 Å². The van der Waals surface area contributed by atoms with Crippen molar-refractivity contribution in [2.45, 2.75) is 32.2 Å². The fourth-order valence-electron chi connectivity index (χ4n) is 3.45. The Morgan fingerprint density at radius 1 is 1.12 bits per heavy atom. The highest BCUT2D eigenvalue weighted by Crippen LogP contribution is 2.32. The third-order valence-electron chi connectivity index (χ3n) is 4.99. The molecule has 0 amide bonds. The molecule has 0 radical (unpaired) electrons. The number of nitrogens with zero attached hydrogens (tertiary/aromatic N) is 3. The summed E-state index contributed by atoms with van der Waals surface area (Å²) in [6.07, 6.45) is -2.93. The lowest BCUT2D eigenvalue weighted by Crippen LogP contribution is -2.08. The third kappa shape index (κ3) is 4.22. The number of aryl methyl sites for hydroxylation is 2. The van der Waals surface area contributed by atoms with Gasteiger partial charge in [-0.05, 0) is 51.1 Å². The van der Waals surface area contributed by atoms with Crippen LogP contribution in [0, 0.1) is 20.8 Å². The van der Waals surface area contributed by atoms with Crippen molar-refractivity contribution < 1.29 is 26.8 Å². The molecule has 0 unspecified atom stereocenters. The number of carbonyl (C=O) groups excluding carboxylic acids is 1. The maximum Gasteiger partial charge on any atom is 0.416 e. The van der Waals surface area contributed by atoms with Gasteiger partial charge in [0.1, 0.15) is 5.76 Å². The molecule has 0 aliphatic heterocycles. The van der Waals surface area contributed by atoms with Crippen molar-refractivity contribution in [2.24, 2.45) is 0 Å². The number of alkyl halides is 3. The molecular formula is C22H18F3N3O3S. The minimum atomic E-state index is -4.45. The number of hydrogen-bond donors (Lipinski definition) is 0. The van der Waals surface area contributed by atoms with Gasteiger partial charge in [0.25, 0.3) is 11.1 Å². The van der Waals surface area contributed by atoms with E-state index in [1.54, 1.807) is 43.5 Å². The van der Waals surface area contributed by atoms with Gasteiger partial charge in [-0.1, -0.05) is 17.8 Å². The number of rotatable bonds is 6. The first-order chi connectivity index (χ1) is 15.1. The minimum absolute atomic E-state index is 0.0406.